The van der Waals surface area contributed by atoms with Gasteiger partial charge in [-0.3, -0.25) is 0 Å². The summed E-state index contributed by atoms with van der Waals surface area (Å²) in [6.07, 6.45) is 3.60. The van der Waals surface area contributed by atoms with Gasteiger partial charge in [-0.25, -0.2) is 0 Å². The molecule has 2 rings (SSSR count). The SMILES string of the molecule is CCC(N)c1ccc(N2CCC(CN(C)C)CC2)cc1. The van der Waals surface area contributed by atoms with E-state index in [0.29, 0.717) is 0 Å². The molecule has 20 heavy (non-hydrogen) atoms. The van der Waals surface area contributed by atoms with Gasteiger partial charge in [-0.05, 0) is 57.0 Å². The van der Waals surface area contributed by atoms with E-state index in [1.807, 2.05) is 0 Å². The molecule has 0 amide bonds. The fourth-order valence-electron chi connectivity index (χ4n) is 3.06. The number of anilines is 1. The van der Waals surface area contributed by atoms with Gasteiger partial charge in [0, 0.05) is 31.4 Å². The Morgan fingerprint density at radius 2 is 1.80 bits per heavy atom. The average molecular weight is 275 g/mol. The fraction of sp³-hybridized carbons (Fsp3) is 0.647. The largest absolute Gasteiger partial charge is 0.372 e. The molecule has 0 aromatic heterocycles. The third-order valence-corrected chi connectivity index (χ3v) is 4.36. The van der Waals surface area contributed by atoms with E-state index < -0.39 is 0 Å². The molecule has 1 atom stereocenters. The zero-order valence-corrected chi connectivity index (χ0v) is 13.2. The van der Waals surface area contributed by atoms with Crippen molar-refractivity contribution in [3.05, 3.63) is 29.8 Å². The molecule has 112 valence electrons. The lowest BCUT2D eigenvalue weighted by atomic mass is 9.95. The van der Waals surface area contributed by atoms with Crippen LogP contribution in [0.5, 0.6) is 0 Å². The van der Waals surface area contributed by atoms with Crippen LogP contribution in [0.25, 0.3) is 0 Å². The first-order chi connectivity index (χ1) is 9.60. The van der Waals surface area contributed by atoms with Crippen molar-refractivity contribution in [2.24, 2.45) is 11.7 Å². The van der Waals surface area contributed by atoms with Crippen molar-refractivity contribution >= 4 is 5.69 Å². The zero-order chi connectivity index (χ0) is 14.5. The predicted octanol–water partition coefficient (Wildman–Crippen LogP) is 2.87. The van der Waals surface area contributed by atoms with Crippen molar-refractivity contribution in [1.29, 1.82) is 0 Å². The van der Waals surface area contributed by atoms with Gasteiger partial charge in [-0.15, -0.1) is 0 Å². The van der Waals surface area contributed by atoms with Crippen LogP contribution in [0.15, 0.2) is 24.3 Å². The van der Waals surface area contributed by atoms with Gasteiger partial charge in [-0.2, -0.15) is 0 Å². The first-order valence-corrected chi connectivity index (χ1v) is 7.85. The summed E-state index contributed by atoms with van der Waals surface area (Å²) in [6.45, 7) is 5.71. The summed E-state index contributed by atoms with van der Waals surface area (Å²) < 4.78 is 0. The van der Waals surface area contributed by atoms with Crippen LogP contribution in [0, 0.1) is 5.92 Å². The van der Waals surface area contributed by atoms with Crippen LogP contribution in [0.1, 0.15) is 37.8 Å². The van der Waals surface area contributed by atoms with E-state index in [-0.39, 0.29) is 6.04 Å². The van der Waals surface area contributed by atoms with E-state index in [4.69, 9.17) is 5.73 Å². The van der Waals surface area contributed by atoms with E-state index in [1.54, 1.807) is 0 Å². The summed E-state index contributed by atoms with van der Waals surface area (Å²) >= 11 is 0. The van der Waals surface area contributed by atoms with Gasteiger partial charge in [0.1, 0.15) is 0 Å². The fourth-order valence-corrected chi connectivity index (χ4v) is 3.06. The molecule has 1 heterocycles. The van der Waals surface area contributed by atoms with Gasteiger partial charge >= 0.3 is 0 Å². The molecule has 1 unspecified atom stereocenters. The van der Waals surface area contributed by atoms with Crippen LogP contribution < -0.4 is 10.6 Å². The molecule has 1 aromatic rings. The van der Waals surface area contributed by atoms with Crippen LogP contribution in [0.3, 0.4) is 0 Å². The van der Waals surface area contributed by atoms with Crippen LogP contribution in [0.4, 0.5) is 5.69 Å². The van der Waals surface area contributed by atoms with Crippen molar-refractivity contribution < 1.29 is 0 Å². The summed E-state index contributed by atoms with van der Waals surface area (Å²) in [5.41, 5.74) is 8.67. The lowest BCUT2D eigenvalue weighted by Gasteiger charge is -2.34. The molecular weight excluding hydrogens is 246 g/mol. The van der Waals surface area contributed by atoms with Gasteiger partial charge in [0.15, 0.2) is 0 Å². The molecule has 0 bridgehead atoms. The molecule has 1 aliphatic heterocycles. The number of nitrogens with zero attached hydrogens (tertiary/aromatic N) is 2. The Hall–Kier alpha value is -1.06. The molecule has 3 heteroatoms. The highest BCUT2D eigenvalue weighted by Gasteiger charge is 2.19. The molecule has 0 radical (unpaired) electrons. The third-order valence-electron chi connectivity index (χ3n) is 4.36. The van der Waals surface area contributed by atoms with Gasteiger partial charge in [0.05, 0.1) is 0 Å². The number of nitrogens with two attached hydrogens (primary N) is 1. The Bertz CT molecular complexity index is 391. The lowest BCUT2D eigenvalue weighted by Crippen LogP contribution is -2.37. The van der Waals surface area contributed by atoms with E-state index in [0.717, 1.165) is 12.3 Å². The van der Waals surface area contributed by atoms with Crippen molar-refractivity contribution in [3.8, 4) is 0 Å². The smallest absolute Gasteiger partial charge is 0.0366 e. The summed E-state index contributed by atoms with van der Waals surface area (Å²) in [5.74, 6) is 0.856. The van der Waals surface area contributed by atoms with E-state index in [2.05, 4.69) is 55.1 Å². The molecule has 0 aliphatic carbocycles. The summed E-state index contributed by atoms with van der Waals surface area (Å²) in [4.78, 5) is 4.81. The normalized spacial score (nSPS) is 18.6. The van der Waals surface area contributed by atoms with Crippen LogP contribution in [0.2, 0.25) is 0 Å². The van der Waals surface area contributed by atoms with E-state index >= 15 is 0 Å². The number of hydrogen-bond donors (Lipinski definition) is 1. The average Bonchev–Trinajstić information content (AvgIpc) is 2.47. The second kappa shape index (κ2) is 7.09. The molecule has 3 nitrogen and oxygen atoms in total. The highest BCUT2D eigenvalue weighted by atomic mass is 15.1. The molecule has 0 saturated carbocycles. The van der Waals surface area contributed by atoms with Crippen LogP contribution in [-0.2, 0) is 0 Å². The highest BCUT2D eigenvalue weighted by molar-refractivity contribution is 5.48. The van der Waals surface area contributed by atoms with Crippen molar-refractivity contribution in [2.45, 2.75) is 32.2 Å². The van der Waals surface area contributed by atoms with Crippen molar-refractivity contribution in [2.75, 3.05) is 38.6 Å². The predicted molar refractivity (Wildman–Crippen MR) is 87.2 cm³/mol. The Labute approximate surface area is 123 Å². The summed E-state index contributed by atoms with van der Waals surface area (Å²) in [7, 11) is 4.34. The topological polar surface area (TPSA) is 32.5 Å². The first-order valence-electron chi connectivity index (χ1n) is 7.85. The lowest BCUT2D eigenvalue weighted by molar-refractivity contribution is 0.285. The number of benzene rings is 1. The monoisotopic (exact) mass is 275 g/mol. The van der Waals surface area contributed by atoms with Crippen LogP contribution >= 0.6 is 0 Å². The summed E-state index contributed by atoms with van der Waals surface area (Å²) in [5, 5.41) is 0. The number of hydrogen-bond acceptors (Lipinski definition) is 3. The maximum atomic E-state index is 6.07. The summed E-state index contributed by atoms with van der Waals surface area (Å²) in [6, 6.07) is 9.02. The minimum Gasteiger partial charge on any atom is -0.372 e. The van der Waals surface area contributed by atoms with Crippen molar-refractivity contribution in [3.63, 3.8) is 0 Å². The Kier molecular flexibility index (Phi) is 5.44. The van der Waals surface area contributed by atoms with E-state index in [9.17, 15) is 0 Å². The molecule has 1 aliphatic rings. The van der Waals surface area contributed by atoms with Gasteiger partial charge in [0.2, 0.25) is 0 Å². The van der Waals surface area contributed by atoms with Crippen LogP contribution in [-0.4, -0.2) is 38.6 Å². The minimum atomic E-state index is 0.176. The second-order valence-electron chi connectivity index (χ2n) is 6.30. The maximum absolute atomic E-state index is 6.07. The second-order valence-corrected chi connectivity index (χ2v) is 6.30. The standard InChI is InChI=1S/C17H29N3/c1-4-17(18)15-5-7-16(8-6-15)20-11-9-14(10-12-20)13-19(2)3/h5-8,14,17H,4,9-13,18H2,1-3H3. The maximum Gasteiger partial charge on any atom is 0.0366 e. The Balaban J connectivity index is 1.90. The van der Waals surface area contributed by atoms with Gasteiger partial charge in [-0.1, -0.05) is 19.1 Å². The minimum absolute atomic E-state index is 0.176. The number of rotatable bonds is 5. The molecule has 1 fully saturated rings. The highest BCUT2D eigenvalue weighted by Crippen LogP contribution is 2.25. The molecule has 0 spiro atoms. The molecule has 1 saturated heterocycles. The van der Waals surface area contributed by atoms with Crippen molar-refractivity contribution in [1.82, 2.24) is 4.90 Å². The zero-order valence-electron chi connectivity index (χ0n) is 13.2. The van der Waals surface area contributed by atoms with Gasteiger partial charge < -0.3 is 15.5 Å². The van der Waals surface area contributed by atoms with Gasteiger partial charge in [0.25, 0.3) is 0 Å². The van der Waals surface area contributed by atoms with E-state index in [1.165, 1.54) is 43.7 Å². The molecular formula is C17H29N3. The Morgan fingerprint density at radius 3 is 2.30 bits per heavy atom. The quantitative estimate of drug-likeness (QED) is 0.897. The third kappa shape index (κ3) is 3.97. The first kappa shape index (κ1) is 15.3. The molecule has 1 aromatic carbocycles. The Morgan fingerprint density at radius 1 is 1.20 bits per heavy atom. The molecule has 2 N–H and O–H groups in total. The number of piperidine rings is 1.